The van der Waals surface area contributed by atoms with Crippen molar-refractivity contribution in [2.45, 2.75) is 24.8 Å². The van der Waals surface area contributed by atoms with Crippen LogP contribution in [0.1, 0.15) is 19.4 Å². The molecule has 0 spiro atoms. The summed E-state index contributed by atoms with van der Waals surface area (Å²) in [6.07, 6.45) is 2.95. The summed E-state index contributed by atoms with van der Waals surface area (Å²) in [7, 11) is 1.59. The number of hydroxylamine groups is 1. The summed E-state index contributed by atoms with van der Waals surface area (Å²) < 4.78 is 6.69. The Labute approximate surface area is 141 Å². The third-order valence-corrected chi connectivity index (χ3v) is 5.10. The van der Waals surface area contributed by atoms with Crippen LogP contribution in [0.15, 0.2) is 36.9 Å². The first-order valence-corrected chi connectivity index (χ1v) is 8.17. The Balaban J connectivity index is 2.40. The van der Waals surface area contributed by atoms with Gasteiger partial charge in [0.25, 0.3) is 6.17 Å². The standard InChI is InChI=1S/C16H20N2O2S2/c1-5-10-17-14(16(2,3)22-15(17)21)18(19)11-12-8-6-7-9-13(12)20-4/h5-9,11,14H,1,10H2,2-4H3/b18-11-/t14-/m0/s1. The van der Waals surface area contributed by atoms with E-state index in [-0.39, 0.29) is 10.9 Å². The minimum atomic E-state index is -0.382. The van der Waals surface area contributed by atoms with Gasteiger partial charge in [-0.2, -0.15) is 4.74 Å². The molecule has 1 aromatic rings. The molecule has 2 rings (SSSR count). The van der Waals surface area contributed by atoms with E-state index in [4.69, 9.17) is 17.0 Å². The summed E-state index contributed by atoms with van der Waals surface area (Å²) in [6, 6.07) is 7.44. The normalized spacial score (nSPS) is 21.0. The van der Waals surface area contributed by atoms with Crippen LogP contribution in [0.3, 0.4) is 0 Å². The molecule has 0 radical (unpaired) electrons. The molecule has 4 nitrogen and oxygen atoms in total. The molecule has 1 fully saturated rings. The Kier molecular flexibility index (Phi) is 5.13. The van der Waals surface area contributed by atoms with Crippen molar-refractivity contribution in [1.82, 2.24) is 4.90 Å². The predicted octanol–water partition coefficient (Wildman–Crippen LogP) is 3.25. The van der Waals surface area contributed by atoms with E-state index in [9.17, 15) is 5.21 Å². The maximum atomic E-state index is 12.8. The van der Waals surface area contributed by atoms with Crippen molar-refractivity contribution in [1.29, 1.82) is 0 Å². The number of nitrogens with zero attached hydrogens (tertiary/aromatic N) is 2. The second-order valence-electron chi connectivity index (χ2n) is 5.52. The van der Waals surface area contributed by atoms with E-state index in [1.807, 2.05) is 43.0 Å². The summed E-state index contributed by atoms with van der Waals surface area (Å²) >= 11 is 6.95. The molecule has 0 bridgehead atoms. The summed E-state index contributed by atoms with van der Waals surface area (Å²) in [6.45, 7) is 8.36. The zero-order valence-electron chi connectivity index (χ0n) is 13.0. The highest BCUT2D eigenvalue weighted by molar-refractivity contribution is 8.24. The maximum Gasteiger partial charge on any atom is 0.254 e. The highest BCUT2D eigenvalue weighted by Gasteiger charge is 2.49. The molecule has 1 aliphatic heterocycles. The first-order chi connectivity index (χ1) is 10.4. The second-order valence-corrected chi connectivity index (χ2v) is 7.81. The molecule has 0 aliphatic carbocycles. The predicted molar refractivity (Wildman–Crippen MR) is 96.7 cm³/mol. The number of hydrogen-bond donors (Lipinski definition) is 0. The van der Waals surface area contributed by atoms with E-state index in [2.05, 4.69) is 6.58 Å². The topological polar surface area (TPSA) is 38.5 Å². The largest absolute Gasteiger partial charge is 0.622 e. The minimum Gasteiger partial charge on any atom is -0.622 e. The molecule has 0 N–H and O–H groups in total. The van der Waals surface area contributed by atoms with E-state index in [0.717, 1.165) is 14.6 Å². The fourth-order valence-electron chi connectivity index (χ4n) is 2.55. The van der Waals surface area contributed by atoms with Gasteiger partial charge in [-0.1, -0.05) is 42.2 Å². The minimum absolute atomic E-state index is 0.305. The number of benzene rings is 1. The molecule has 1 aromatic carbocycles. The van der Waals surface area contributed by atoms with Gasteiger partial charge in [-0.25, -0.2) is 0 Å². The highest BCUT2D eigenvalue weighted by atomic mass is 32.2. The number of rotatable bonds is 5. The van der Waals surface area contributed by atoms with Crippen LogP contribution in [-0.2, 0) is 0 Å². The number of hydrogen-bond acceptors (Lipinski definition) is 4. The average Bonchev–Trinajstić information content (AvgIpc) is 2.69. The summed E-state index contributed by atoms with van der Waals surface area (Å²) in [5, 5.41) is 12.8. The van der Waals surface area contributed by atoms with Gasteiger partial charge in [0.05, 0.1) is 12.7 Å². The van der Waals surface area contributed by atoms with Crippen LogP contribution in [0.5, 0.6) is 5.75 Å². The molecule has 1 heterocycles. The van der Waals surface area contributed by atoms with Crippen molar-refractivity contribution in [2.24, 2.45) is 0 Å². The van der Waals surface area contributed by atoms with Crippen molar-refractivity contribution in [2.75, 3.05) is 13.7 Å². The number of methoxy groups -OCH3 is 1. The molecule has 0 amide bonds. The van der Waals surface area contributed by atoms with Crippen LogP contribution < -0.4 is 4.74 Å². The van der Waals surface area contributed by atoms with E-state index >= 15 is 0 Å². The number of thioether (sulfide) groups is 1. The first kappa shape index (κ1) is 16.8. The Morgan fingerprint density at radius 2 is 2.18 bits per heavy atom. The fraction of sp³-hybridized carbons (Fsp3) is 0.375. The van der Waals surface area contributed by atoms with Crippen molar-refractivity contribution >= 4 is 34.5 Å². The molecule has 1 saturated heterocycles. The number of ether oxygens (including phenoxy) is 1. The second kappa shape index (κ2) is 6.71. The van der Waals surface area contributed by atoms with Crippen molar-refractivity contribution in [3.8, 4) is 5.75 Å². The quantitative estimate of drug-likeness (QED) is 0.206. The third kappa shape index (κ3) is 3.28. The molecule has 1 aliphatic rings. The van der Waals surface area contributed by atoms with Crippen LogP contribution in [-0.4, -0.2) is 44.7 Å². The van der Waals surface area contributed by atoms with E-state index in [1.165, 1.54) is 0 Å². The maximum absolute atomic E-state index is 12.8. The third-order valence-electron chi connectivity index (χ3n) is 3.47. The van der Waals surface area contributed by atoms with Gasteiger partial charge >= 0.3 is 0 Å². The molecule has 6 heteroatoms. The van der Waals surface area contributed by atoms with Gasteiger partial charge in [-0.3, -0.25) is 4.90 Å². The zero-order chi connectivity index (χ0) is 16.3. The van der Waals surface area contributed by atoms with Crippen molar-refractivity contribution in [3.05, 3.63) is 47.7 Å². The lowest BCUT2D eigenvalue weighted by molar-refractivity contribution is -0.523. The average molecular weight is 336 g/mol. The van der Waals surface area contributed by atoms with E-state index in [1.54, 1.807) is 31.2 Å². The van der Waals surface area contributed by atoms with Crippen LogP contribution in [0.4, 0.5) is 0 Å². The lowest BCUT2D eigenvalue weighted by Gasteiger charge is -2.29. The Hall–Kier alpha value is -1.53. The monoisotopic (exact) mass is 336 g/mol. The Bertz CT molecular complexity index is 614. The molecule has 0 unspecified atom stereocenters. The molecule has 22 heavy (non-hydrogen) atoms. The number of thiocarbonyl (C=S) groups is 1. The molecule has 0 aromatic heterocycles. The smallest absolute Gasteiger partial charge is 0.254 e. The van der Waals surface area contributed by atoms with Gasteiger partial charge in [0.2, 0.25) is 0 Å². The van der Waals surface area contributed by atoms with E-state index < -0.39 is 0 Å². The van der Waals surface area contributed by atoms with Gasteiger partial charge in [0.1, 0.15) is 14.8 Å². The lowest BCUT2D eigenvalue weighted by Crippen LogP contribution is -2.47. The molecular weight excluding hydrogens is 316 g/mol. The van der Waals surface area contributed by atoms with Crippen LogP contribution in [0.2, 0.25) is 0 Å². The van der Waals surface area contributed by atoms with Crippen LogP contribution in [0.25, 0.3) is 0 Å². The van der Waals surface area contributed by atoms with E-state index in [0.29, 0.717) is 12.3 Å². The van der Waals surface area contributed by atoms with Crippen molar-refractivity contribution < 1.29 is 9.48 Å². The molecule has 0 saturated carbocycles. The first-order valence-electron chi connectivity index (χ1n) is 6.94. The summed E-state index contributed by atoms with van der Waals surface area (Å²) in [5.74, 6) is 0.671. The molecule has 118 valence electrons. The van der Waals surface area contributed by atoms with Gasteiger partial charge < -0.3 is 9.94 Å². The summed E-state index contributed by atoms with van der Waals surface area (Å²) in [4.78, 5) is 1.91. The van der Waals surface area contributed by atoms with Gasteiger partial charge in [0.15, 0.2) is 6.21 Å². The number of para-hydroxylation sites is 1. The van der Waals surface area contributed by atoms with Crippen LogP contribution in [0, 0.1) is 5.21 Å². The van der Waals surface area contributed by atoms with Crippen LogP contribution >= 0.6 is 24.0 Å². The summed E-state index contributed by atoms with van der Waals surface area (Å²) in [5.41, 5.74) is 0.747. The molecule has 1 atom stereocenters. The van der Waals surface area contributed by atoms with Gasteiger partial charge in [0, 0.05) is 6.54 Å². The van der Waals surface area contributed by atoms with Gasteiger partial charge in [-0.15, -0.1) is 6.58 Å². The Morgan fingerprint density at radius 3 is 2.82 bits per heavy atom. The van der Waals surface area contributed by atoms with Crippen molar-refractivity contribution in [3.63, 3.8) is 0 Å². The zero-order valence-corrected chi connectivity index (χ0v) is 14.6. The van der Waals surface area contributed by atoms with Gasteiger partial charge in [-0.05, 0) is 26.0 Å². The lowest BCUT2D eigenvalue weighted by atomic mass is 10.1. The highest BCUT2D eigenvalue weighted by Crippen LogP contribution is 2.41. The molecular formula is C16H20N2O2S2. The Morgan fingerprint density at radius 1 is 1.50 bits per heavy atom. The SMILES string of the molecule is C=CCN1C(=S)SC(C)(C)[C@@H]1/[N+]([O-])=C/c1ccccc1OC. The fourth-order valence-corrected chi connectivity index (χ4v) is 4.45.